The molecule has 1 aliphatic heterocycles. The van der Waals surface area contributed by atoms with Crippen molar-refractivity contribution in [2.75, 3.05) is 24.7 Å². The van der Waals surface area contributed by atoms with Crippen LogP contribution in [0.15, 0.2) is 55.3 Å². The summed E-state index contributed by atoms with van der Waals surface area (Å²) in [6.07, 6.45) is 2.53. The minimum atomic E-state index is -3.62. The van der Waals surface area contributed by atoms with Crippen molar-refractivity contribution in [3.8, 4) is 0 Å². The molecule has 1 aromatic carbocycles. The van der Waals surface area contributed by atoms with Gasteiger partial charge in [-0.2, -0.15) is 4.31 Å². The number of hydrogen-bond acceptors (Lipinski definition) is 9. The van der Waals surface area contributed by atoms with Gasteiger partial charge in [-0.1, -0.05) is 23.3 Å². The number of anilines is 1. The Hall–Kier alpha value is -2.61. The van der Waals surface area contributed by atoms with Crippen LogP contribution in [0.1, 0.15) is 24.3 Å². The Morgan fingerprint density at radius 3 is 2.61 bits per heavy atom. The highest BCUT2D eigenvalue weighted by Crippen LogP contribution is 2.27. The number of thiophene rings is 1. The van der Waals surface area contributed by atoms with Crippen molar-refractivity contribution in [2.24, 2.45) is 5.92 Å². The number of carbonyl (C=O) groups is 1. The Morgan fingerprint density at radius 1 is 1.18 bits per heavy atom. The number of benzene rings is 1. The van der Waals surface area contributed by atoms with Crippen LogP contribution in [-0.4, -0.2) is 56.6 Å². The number of sulfone groups is 1. The topological polar surface area (TPSA) is 140 Å². The minimum absolute atomic E-state index is 0.0685. The average molecular weight is 511 g/mol. The lowest BCUT2D eigenvalue weighted by Gasteiger charge is -2.30. The number of rotatable bonds is 7. The van der Waals surface area contributed by atoms with Crippen molar-refractivity contribution in [3.63, 3.8) is 0 Å². The van der Waals surface area contributed by atoms with Crippen molar-refractivity contribution in [1.29, 1.82) is 0 Å². The second kappa shape index (κ2) is 9.33. The normalized spacial score (nSPS) is 17.7. The Balaban J connectivity index is 1.37. The third-order valence-electron chi connectivity index (χ3n) is 5.25. The van der Waals surface area contributed by atoms with Crippen LogP contribution < -0.4 is 5.32 Å². The molecule has 13 heteroatoms. The van der Waals surface area contributed by atoms with Gasteiger partial charge in [0.1, 0.15) is 4.21 Å². The molecule has 1 fully saturated rings. The fourth-order valence-electron chi connectivity index (χ4n) is 3.52. The average Bonchev–Trinajstić information content (AvgIpc) is 3.46. The highest BCUT2D eigenvalue weighted by molar-refractivity contribution is 7.91. The van der Waals surface area contributed by atoms with Gasteiger partial charge < -0.3 is 4.42 Å². The van der Waals surface area contributed by atoms with Crippen LogP contribution in [-0.2, 0) is 31.1 Å². The SMILES string of the molecule is CS(=O)(=O)c1ccc(Cc2nnc(NC(=O)C3CCCN(S(=O)(=O)c4cccs4)C3)o2)cc1. The fourth-order valence-corrected chi connectivity index (χ4v) is 6.82. The zero-order valence-electron chi connectivity index (χ0n) is 17.7. The van der Waals surface area contributed by atoms with Gasteiger partial charge in [0.15, 0.2) is 9.84 Å². The molecule has 1 atom stereocenters. The van der Waals surface area contributed by atoms with E-state index in [2.05, 4.69) is 15.5 Å². The van der Waals surface area contributed by atoms with Gasteiger partial charge in [0.25, 0.3) is 10.0 Å². The fraction of sp³-hybridized carbons (Fsp3) is 0.350. The highest BCUT2D eigenvalue weighted by atomic mass is 32.2. The summed E-state index contributed by atoms with van der Waals surface area (Å²) in [5.74, 6) is -0.663. The molecule has 3 heterocycles. The van der Waals surface area contributed by atoms with Gasteiger partial charge >= 0.3 is 6.01 Å². The first-order valence-corrected chi connectivity index (χ1v) is 14.3. The van der Waals surface area contributed by atoms with Crippen molar-refractivity contribution in [3.05, 3.63) is 53.2 Å². The highest BCUT2D eigenvalue weighted by Gasteiger charge is 2.34. The zero-order valence-corrected chi connectivity index (χ0v) is 20.1. The van der Waals surface area contributed by atoms with E-state index in [0.29, 0.717) is 19.4 Å². The van der Waals surface area contributed by atoms with Crippen LogP contribution in [0.25, 0.3) is 0 Å². The Bertz CT molecular complexity index is 1330. The smallest absolute Gasteiger partial charge is 0.322 e. The van der Waals surface area contributed by atoms with E-state index in [9.17, 15) is 21.6 Å². The molecular weight excluding hydrogens is 488 g/mol. The summed E-state index contributed by atoms with van der Waals surface area (Å²) in [5.41, 5.74) is 0.769. The number of carbonyl (C=O) groups excluding carboxylic acids is 1. The number of hydrogen-bond donors (Lipinski definition) is 1. The third-order valence-corrected chi connectivity index (χ3v) is 9.61. The van der Waals surface area contributed by atoms with Crippen molar-refractivity contribution in [1.82, 2.24) is 14.5 Å². The molecule has 0 spiro atoms. The summed E-state index contributed by atoms with van der Waals surface area (Å²) in [5, 5.41) is 12.0. The van der Waals surface area contributed by atoms with Crippen LogP contribution in [0.2, 0.25) is 0 Å². The zero-order chi connectivity index (χ0) is 23.6. The van der Waals surface area contributed by atoms with Crippen LogP contribution in [0.4, 0.5) is 6.01 Å². The summed E-state index contributed by atoms with van der Waals surface area (Å²) >= 11 is 1.15. The van der Waals surface area contributed by atoms with Gasteiger partial charge in [-0.3, -0.25) is 10.1 Å². The maximum Gasteiger partial charge on any atom is 0.322 e. The summed E-state index contributed by atoms with van der Waals surface area (Å²) < 4.78 is 55.7. The third kappa shape index (κ3) is 5.49. The maximum absolute atomic E-state index is 12.8. The molecule has 10 nitrogen and oxygen atoms in total. The van der Waals surface area contributed by atoms with Gasteiger partial charge in [0, 0.05) is 19.3 Å². The lowest BCUT2D eigenvalue weighted by Crippen LogP contribution is -2.43. The predicted molar refractivity (Wildman–Crippen MR) is 121 cm³/mol. The molecule has 4 rings (SSSR count). The molecule has 0 aliphatic carbocycles. The number of sulfonamides is 1. The molecule has 1 saturated heterocycles. The molecule has 0 radical (unpaired) electrons. The second-order valence-electron chi connectivity index (χ2n) is 7.72. The number of amides is 1. The van der Waals surface area contributed by atoms with Gasteiger partial charge in [-0.15, -0.1) is 16.4 Å². The molecule has 176 valence electrons. The van der Waals surface area contributed by atoms with E-state index >= 15 is 0 Å². The summed E-state index contributed by atoms with van der Waals surface area (Å²) in [7, 11) is -6.90. The summed E-state index contributed by atoms with van der Waals surface area (Å²) in [6.45, 7) is 0.451. The quantitative estimate of drug-likeness (QED) is 0.510. The van der Waals surface area contributed by atoms with Crippen molar-refractivity contribution >= 4 is 43.1 Å². The number of nitrogens with one attached hydrogen (secondary N) is 1. The second-order valence-corrected chi connectivity index (χ2v) is 12.8. The Labute approximate surface area is 195 Å². The molecule has 0 saturated carbocycles. The molecule has 1 N–H and O–H groups in total. The summed E-state index contributed by atoms with van der Waals surface area (Å²) in [6, 6.07) is 9.48. The van der Waals surface area contributed by atoms with Crippen LogP contribution in [0.5, 0.6) is 0 Å². The number of nitrogens with zero attached hydrogens (tertiary/aromatic N) is 3. The number of aromatic nitrogens is 2. The van der Waals surface area contributed by atoms with E-state index in [1.165, 1.54) is 16.4 Å². The van der Waals surface area contributed by atoms with Gasteiger partial charge in [0.05, 0.1) is 17.2 Å². The molecule has 0 bridgehead atoms. The van der Waals surface area contributed by atoms with E-state index in [-0.39, 0.29) is 39.9 Å². The van der Waals surface area contributed by atoms with E-state index in [4.69, 9.17) is 4.42 Å². The molecule has 1 aliphatic rings. The van der Waals surface area contributed by atoms with Gasteiger partial charge in [0.2, 0.25) is 11.8 Å². The summed E-state index contributed by atoms with van der Waals surface area (Å²) in [4.78, 5) is 12.9. The lowest BCUT2D eigenvalue weighted by atomic mass is 9.99. The molecule has 2 aromatic heterocycles. The Kier molecular flexibility index (Phi) is 6.66. The van der Waals surface area contributed by atoms with E-state index in [0.717, 1.165) is 23.2 Å². The standard InChI is InChI=1S/C20H22N4O6S3/c1-32(26,27)16-8-6-14(7-9-16)12-17-22-23-20(30-17)21-19(25)15-4-2-10-24(13-15)33(28,29)18-5-3-11-31-18/h3,5-9,11,15H,2,4,10,12-13H2,1H3,(H,21,23,25). The maximum atomic E-state index is 12.8. The van der Waals surface area contributed by atoms with E-state index in [1.54, 1.807) is 29.6 Å². The first-order valence-electron chi connectivity index (χ1n) is 10.1. The lowest BCUT2D eigenvalue weighted by molar-refractivity contribution is -0.121. The first-order chi connectivity index (χ1) is 15.6. The molecule has 33 heavy (non-hydrogen) atoms. The van der Waals surface area contributed by atoms with Gasteiger partial charge in [-0.05, 0) is 42.0 Å². The molecule has 1 unspecified atom stereocenters. The molecule has 1 amide bonds. The Morgan fingerprint density at radius 2 is 1.94 bits per heavy atom. The van der Waals surface area contributed by atoms with E-state index in [1.807, 2.05) is 0 Å². The van der Waals surface area contributed by atoms with Gasteiger partial charge in [-0.25, -0.2) is 16.8 Å². The van der Waals surface area contributed by atoms with Crippen LogP contribution in [0, 0.1) is 5.92 Å². The monoisotopic (exact) mass is 510 g/mol. The first kappa shape index (κ1) is 23.5. The van der Waals surface area contributed by atoms with E-state index < -0.39 is 25.8 Å². The van der Waals surface area contributed by atoms with Crippen LogP contribution >= 0.6 is 11.3 Å². The largest absolute Gasteiger partial charge is 0.407 e. The van der Waals surface area contributed by atoms with Crippen molar-refractivity contribution < 1.29 is 26.0 Å². The predicted octanol–water partition coefficient (Wildman–Crippen LogP) is 2.16. The van der Waals surface area contributed by atoms with Crippen LogP contribution in [0.3, 0.4) is 0 Å². The molecular formula is C20H22N4O6S3. The molecule has 3 aromatic rings. The number of piperidine rings is 1. The minimum Gasteiger partial charge on any atom is -0.407 e. The van der Waals surface area contributed by atoms with Crippen molar-refractivity contribution in [2.45, 2.75) is 28.4 Å².